The van der Waals surface area contributed by atoms with E-state index in [2.05, 4.69) is 51.5 Å². The van der Waals surface area contributed by atoms with Gasteiger partial charge in [-0.05, 0) is 40.9 Å². The summed E-state index contributed by atoms with van der Waals surface area (Å²) in [7, 11) is 3.47. The first kappa shape index (κ1) is 18.8. The van der Waals surface area contributed by atoms with Gasteiger partial charge in [-0.1, -0.05) is 12.1 Å². The van der Waals surface area contributed by atoms with E-state index in [1.165, 1.54) is 11.1 Å². The quantitative estimate of drug-likeness (QED) is 0.433. The molecule has 0 saturated heterocycles. The Bertz CT molecular complexity index is 599. The van der Waals surface area contributed by atoms with Crippen molar-refractivity contribution >= 4 is 41.3 Å². The number of hydrogen-bond acceptors (Lipinski definition) is 3. The molecule has 4 nitrogen and oxygen atoms in total. The Morgan fingerprint density at radius 1 is 1.23 bits per heavy atom. The molecule has 0 saturated carbocycles. The predicted octanol–water partition coefficient (Wildman–Crippen LogP) is 3.55. The summed E-state index contributed by atoms with van der Waals surface area (Å²) in [6, 6.07) is 8.31. The molecule has 2 N–H and O–H groups in total. The fourth-order valence-corrected chi connectivity index (χ4v) is 2.65. The molecular weight excluding hydrogens is 409 g/mol. The zero-order valence-corrected chi connectivity index (χ0v) is 16.2. The van der Waals surface area contributed by atoms with Crippen molar-refractivity contribution < 1.29 is 4.74 Å². The zero-order valence-electron chi connectivity index (χ0n) is 13.1. The molecule has 0 spiro atoms. The van der Waals surface area contributed by atoms with Crippen molar-refractivity contribution in [1.82, 2.24) is 10.6 Å². The molecule has 2 rings (SSSR count). The lowest BCUT2D eigenvalue weighted by atomic mass is 10.1. The number of methoxy groups -OCH3 is 1. The highest BCUT2D eigenvalue weighted by Gasteiger charge is 2.04. The van der Waals surface area contributed by atoms with Gasteiger partial charge >= 0.3 is 0 Å². The van der Waals surface area contributed by atoms with Crippen LogP contribution in [-0.2, 0) is 13.1 Å². The Hall–Kier alpha value is -1.28. The molecule has 1 aromatic heterocycles. The van der Waals surface area contributed by atoms with Crippen LogP contribution in [0.2, 0.25) is 0 Å². The highest BCUT2D eigenvalue weighted by atomic mass is 127. The highest BCUT2D eigenvalue weighted by molar-refractivity contribution is 14.0. The van der Waals surface area contributed by atoms with Crippen molar-refractivity contribution in [2.45, 2.75) is 20.0 Å². The summed E-state index contributed by atoms with van der Waals surface area (Å²) < 4.78 is 5.41. The molecule has 6 heteroatoms. The smallest absolute Gasteiger partial charge is 0.191 e. The lowest BCUT2D eigenvalue weighted by Crippen LogP contribution is -2.36. The summed E-state index contributed by atoms with van der Waals surface area (Å²) in [6.45, 7) is 3.50. The number of ether oxygens (including phenoxy) is 1. The molecule has 0 amide bonds. The van der Waals surface area contributed by atoms with E-state index in [4.69, 9.17) is 4.74 Å². The summed E-state index contributed by atoms with van der Waals surface area (Å²) in [5.74, 6) is 1.68. The summed E-state index contributed by atoms with van der Waals surface area (Å²) in [4.78, 5) is 4.23. The average molecular weight is 431 g/mol. The highest BCUT2D eigenvalue weighted by Crippen LogP contribution is 2.19. The van der Waals surface area contributed by atoms with Gasteiger partial charge < -0.3 is 15.4 Å². The number of aryl methyl sites for hydroxylation is 1. The van der Waals surface area contributed by atoms with Gasteiger partial charge in [0, 0.05) is 25.7 Å². The van der Waals surface area contributed by atoms with E-state index in [9.17, 15) is 0 Å². The fraction of sp³-hybridized carbons (Fsp3) is 0.312. The fourth-order valence-electron chi connectivity index (χ4n) is 1.98. The lowest BCUT2D eigenvalue weighted by molar-refractivity contribution is 0.408. The summed E-state index contributed by atoms with van der Waals surface area (Å²) >= 11 is 1.70. The second kappa shape index (κ2) is 9.68. The number of thiophene rings is 1. The SMILES string of the molecule is CN=C(NCc1ccsc1)NCc1ccc(C)cc1OC.I. The van der Waals surface area contributed by atoms with E-state index in [-0.39, 0.29) is 24.0 Å². The Morgan fingerprint density at radius 3 is 2.64 bits per heavy atom. The van der Waals surface area contributed by atoms with Crippen molar-refractivity contribution in [3.63, 3.8) is 0 Å². The maximum absolute atomic E-state index is 5.41. The van der Waals surface area contributed by atoms with E-state index in [1.807, 2.05) is 6.07 Å². The molecule has 1 aromatic carbocycles. The monoisotopic (exact) mass is 431 g/mol. The van der Waals surface area contributed by atoms with Gasteiger partial charge in [0.05, 0.1) is 7.11 Å². The van der Waals surface area contributed by atoms with Crippen LogP contribution in [0.25, 0.3) is 0 Å². The average Bonchev–Trinajstić information content (AvgIpc) is 3.01. The maximum atomic E-state index is 5.41. The number of rotatable bonds is 5. The molecule has 2 aromatic rings. The van der Waals surface area contributed by atoms with Crippen LogP contribution in [0.3, 0.4) is 0 Å². The van der Waals surface area contributed by atoms with Crippen LogP contribution in [0.5, 0.6) is 5.75 Å². The largest absolute Gasteiger partial charge is 0.496 e. The van der Waals surface area contributed by atoms with Crippen LogP contribution >= 0.6 is 35.3 Å². The Kier molecular flexibility index (Phi) is 8.26. The second-order valence-electron chi connectivity index (χ2n) is 4.73. The van der Waals surface area contributed by atoms with Gasteiger partial charge in [0.2, 0.25) is 0 Å². The third-order valence-electron chi connectivity index (χ3n) is 3.15. The minimum atomic E-state index is 0. The minimum absolute atomic E-state index is 0. The van der Waals surface area contributed by atoms with Crippen molar-refractivity contribution in [2.75, 3.05) is 14.2 Å². The third-order valence-corrected chi connectivity index (χ3v) is 3.88. The van der Waals surface area contributed by atoms with E-state index < -0.39 is 0 Å². The van der Waals surface area contributed by atoms with Crippen molar-refractivity contribution in [3.8, 4) is 5.75 Å². The molecule has 0 fully saturated rings. The van der Waals surface area contributed by atoms with Gasteiger partial charge in [-0.25, -0.2) is 0 Å². The Morgan fingerprint density at radius 2 is 2.00 bits per heavy atom. The molecule has 120 valence electrons. The number of halogens is 1. The van der Waals surface area contributed by atoms with Crippen molar-refractivity contribution in [1.29, 1.82) is 0 Å². The number of nitrogens with zero attached hydrogens (tertiary/aromatic N) is 1. The van der Waals surface area contributed by atoms with Crippen LogP contribution in [0.1, 0.15) is 16.7 Å². The number of guanidine groups is 1. The van der Waals surface area contributed by atoms with Crippen molar-refractivity contribution in [2.24, 2.45) is 4.99 Å². The van der Waals surface area contributed by atoms with E-state index in [1.54, 1.807) is 25.5 Å². The van der Waals surface area contributed by atoms with Crippen LogP contribution in [0.4, 0.5) is 0 Å². The van der Waals surface area contributed by atoms with E-state index >= 15 is 0 Å². The zero-order chi connectivity index (χ0) is 15.1. The molecular formula is C16H22IN3OS. The molecule has 0 aliphatic carbocycles. The van der Waals surface area contributed by atoms with Gasteiger partial charge in [0.15, 0.2) is 5.96 Å². The van der Waals surface area contributed by atoms with Crippen LogP contribution < -0.4 is 15.4 Å². The molecule has 0 bridgehead atoms. The predicted molar refractivity (Wildman–Crippen MR) is 105 cm³/mol. The topological polar surface area (TPSA) is 45.7 Å². The number of nitrogens with one attached hydrogen (secondary N) is 2. The summed E-state index contributed by atoms with van der Waals surface area (Å²) in [5.41, 5.74) is 3.56. The van der Waals surface area contributed by atoms with Gasteiger partial charge in [0.25, 0.3) is 0 Å². The van der Waals surface area contributed by atoms with E-state index in [0.29, 0.717) is 6.54 Å². The summed E-state index contributed by atoms with van der Waals surface area (Å²) in [5, 5.41) is 10.8. The number of hydrogen-bond donors (Lipinski definition) is 2. The number of aliphatic imine (C=N–C) groups is 1. The number of benzene rings is 1. The second-order valence-corrected chi connectivity index (χ2v) is 5.51. The van der Waals surface area contributed by atoms with Gasteiger partial charge in [-0.15, -0.1) is 24.0 Å². The van der Waals surface area contributed by atoms with Gasteiger partial charge in [-0.3, -0.25) is 4.99 Å². The molecule has 1 heterocycles. The van der Waals surface area contributed by atoms with Crippen LogP contribution in [0.15, 0.2) is 40.0 Å². The lowest BCUT2D eigenvalue weighted by Gasteiger charge is -2.14. The molecule has 0 aliphatic rings. The maximum Gasteiger partial charge on any atom is 0.191 e. The minimum Gasteiger partial charge on any atom is -0.496 e. The van der Waals surface area contributed by atoms with Gasteiger partial charge in [0.1, 0.15) is 5.75 Å². The third kappa shape index (κ3) is 5.49. The molecule has 0 unspecified atom stereocenters. The molecule has 22 heavy (non-hydrogen) atoms. The molecule has 0 radical (unpaired) electrons. The molecule has 0 atom stereocenters. The van der Waals surface area contributed by atoms with Gasteiger partial charge in [-0.2, -0.15) is 11.3 Å². The first-order chi connectivity index (χ1) is 10.2. The molecule has 0 aliphatic heterocycles. The van der Waals surface area contributed by atoms with E-state index in [0.717, 1.165) is 23.8 Å². The normalized spacial score (nSPS) is 10.8. The standard InChI is InChI=1S/C16H21N3OS.HI/c1-12-4-5-14(15(8-12)20-3)10-19-16(17-2)18-9-13-6-7-21-11-13;/h4-8,11H,9-10H2,1-3H3,(H2,17,18,19);1H. The van der Waals surface area contributed by atoms with Crippen molar-refractivity contribution in [3.05, 3.63) is 51.7 Å². The first-order valence-corrected chi connectivity index (χ1v) is 7.76. The summed E-state index contributed by atoms with van der Waals surface area (Å²) in [6.07, 6.45) is 0. The van der Waals surface area contributed by atoms with Crippen LogP contribution in [0, 0.1) is 6.92 Å². The first-order valence-electron chi connectivity index (χ1n) is 6.82. The van der Waals surface area contributed by atoms with Crippen LogP contribution in [-0.4, -0.2) is 20.1 Å². The Labute approximate surface area is 153 Å². The Balaban J connectivity index is 0.00000242.